The molecule has 0 aromatic rings. The summed E-state index contributed by atoms with van der Waals surface area (Å²) >= 11 is 0. The van der Waals surface area contributed by atoms with Gasteiger partial charge in [0.1, 0.15) is 11.6 Å². The van der Waals surface area contributed by atoms with Crippen molar-refractivity contribution in [2.45, 2.75) is 39.3 Å². The van der Waals surface area contributed by atoms with Gasteiger partial charge in [-0.2, -0.15) is 0 Å². The number of amides is 3. The lowest BCUT2D eigenvalue weighted by Gasteiger charge is -2.44. The third-order valence-corrected chi connectivity index (χ3v) is 3.66. The van der Waals surface area contributed by atoms with Crippen molar-refractivity contribution in [1.82, 2.24) is 15.1 Å². The first kappa shape index (κ1) is 16.3. The summed E-state index contributed by atoms with van der Waals surface area (Å²) in [5, 5.41) is 11.6. The first-order valence-corrected chi connectivity index (χ1v) is 6.65. The lowest BCUT2D eigenvalue weighted by atomic mass is 9.98. The molecule has 114 valence electrons. The fourth-order valence-corrected chi connectivity index (χ4v) is 2.29. The average molecular weight is 285 g/mol. The summed E-state index contributed by atoms with van der Waals surface area (Å²) < 4.78 is 0. The fourth-order valence-electron chi connectivity index (χ4n) is 2.29. The second-order valence-corrected chi connectivity index (χ2v) is 5.95. The quantitative estimate of drug-likeness (QED) is 0.783. The zero-order valence-electron chi connectivity index (χ0n) is 12.6. The number of carboxylic acids is 1. The van der Waals surface area contributed by atoms with E-state index in [0.29, 0.717) is 13.1 Å². The highest BCUT2D eigenvalue weighted by Crippen LogP contribution is 2.22. The predicted molar refractivity (Wildman–Crippen MR) is 73.2 cm³/mol. The molecular formula is C13H23N3O4. The number of hydrogen-bond donors (Lipinski definition) is 2. The Kier molecular flexibility index (Phi) is 4.62. The summed E-state index contributed by atoms with van der Waals surface area (Å²) in [5.41, 5.74) is -0.975. The molecule has 0 radical (unpaired) electrons. The van der Waals surface area contributed by atoms with Crippen LogP contribution in [0.2, 0.25) is 0 Å². The maximum absolute atomic E-state index is 12.3. The number of carboxylic acid groups (broad SMARTS) is 1. The van der Waals surface area contributed by atoms with Crippen LogP contribution in [0.3, 0.4) is 0 Å². The Morgan fingerprint density at radius 3 is 2.30 bits per heavy atom. The number of nitrogens with one attached hydrogen (secondary N) is 1. The van der Waals surface area contributed by atoms with Crippen molar-refractivity contribution in [1.29, 1.82) is 0 Å². The van der Waals surface area contributed by atoms with Crippen molar-refractivity contribution in [3.8, 4) is 0 Å². The molecule has 0 saturated carbocycles. The van der Waals surface area contributed by atoms with Gasteiger partial charge in [0.2, 0.25) is 5.91 Å². The minimum absolute atomic E-state index is 0.157. The van der Waals surface area contributed by atoms with E-state index in [4.69, 9.17) is 5.11 Å². The molecule has 7 nitrogen and oxygen atoms in total. The summed E-state index contributed by atoms with van der Waals surface area (Å²) in [6, 6.07) is -1.48. The molecule has 1 atom stereocenters. The van der Waals surface area contributed by atoms with Crippen LogP contribution in [0, 0.1) is 5.92 Å². The summed E-state index contributed by atoms with van der Waals surface area (Å²) in [5.74, 6) is -1.47. The first-order valence-electron chi connectivity index (χ1n) is 6.65. The molecule has 20 heavy (non-hydrogen) atoms. The smallest absolute Gasteiger partial charge is 0.326 e. The molecule has 3 amide bonds. The van der Waals surface area contributed by atoms with Gasteiger partial charge in [0.15, 0.2) is 0 Å². The number of carbonyl (C=O) groups excluding carboxylic acids is 2. The van der Waals surface area contributed by atoms with Gasteiger partial charge in [-0.05, 0) is 19.8 Å². The van der Waals surface area contributed by atoms with E-state index < -0.39 is 23.6 Å². The van der Waals surface area contributed by atoms with Crippen LogP contribution in [0.1, 0.15) is 27.7 Å². The minimum atomic E-state index is -1.08. The molecule has 1 unspecified atom stereocenters. The Balaban J connectivity index is 2.86. The predicted octanol–water partition coefficient (Wildman–Crippen LogP) is 0.358. The highest BCUT2D eigenvalue weighted by molar-refractivity contribution is 5.92. The van der Waals surface area contributed by atoms with E-state index in [0.717, 1.165) is 0 Å². The standard InChI is InChI=1S/C13H23N3O4/c1-8(2)9(10(17)18)14-12(20)16-7-6-15(5)11(19)13(16,3)4/h8-9H,6-7H2,1-5H3,(H,14,20)(H,17,18). The first-order chi connectivity index (χ1) is 9.09. The van der Waals surface area contributed by atoms with Crippen LogP contribution in [-0.2, 0) is 9.59 Å². The van der Waals surface area contributed by atoms with Crippen molar-refractivity contribution in [2.75, 3.05) is 20.1 Å². The maximum atomic E-state index is 12.3. The van der Waals surface area contributed by atoms with Gasteiger partial charge in [0.05, 0.1) is 0 Å². The molecular weight excluding hydrogens is 262 g/mol. The average Bonchev–Trinajstić information content (AvgIpc) is 2.32. The number of carbonyl (C=O) groups is 3. The van der Waals surface area contributed by atoms with Crippen LogP contribution < -0.4 is 5.32 Å². The van der Waals surface area contributed by atoms with Crippen LogP contribution in [0.25, 0.3) is 0 Å². The van der Waals surface area contributed by atoms with Crippen molar-refractivity contribution in [3.05, 3.63) is 0 Å². The van der Waals surface area contributed by atoms with Gasteiger partial charge in [-0.1, -0.05) is 13.8 Å². The van der Waals surface area contributed by atoms with E-state index in [1.807, 2.05) is 0 Å². The van der Waals surface area contributed by atoms with Gasteiger partial charge in [-0.3, -0.25) is 4.79 Å². The van der Waals surface area contributed by atoms with E-state index in [2.05, 4.69) is 5.32 Å². The van der Waals surface area contributed by atoms with Crippen molar-refractivity contribution >= 4 is 17.9 Å². The number of nitrogens with zero attached hydrogens (tertiary/aromatic N) is 2. The summed E-state index contributed by atoms with van der Waals surface area (Å²) in [7, 11) is 1.69. The summed E-state index contributed by atoms with van der Waals surface area (Å²) in [4.78, 5) is 38.5. The van der Waals surface area contributed by atoms with E-state index in [-0.39, 0.29) is 11.8 Å². The fraction of sp³-hybridized carbons (Fsp3) is 0.769. The third kappa shape index (κ3) is 3.02. The maximum Gasteiger partial charge on any atom is 0.326 e. The highest BCUT2D eigenvalue weighted by atomic mass is 16.4. The van der Waals surface area contributed by atoms with E-state index >= 15 is 0 Å². The Hall–Kier alpha value is -1.79. The SMILES string of the molecule is CC(C)C(NC(=O)N1CCN(C)C(=O)C1(C)C)C(=O)O. The molecule has 1 aliphatic heterocycles. The van der Waals surface area contributed by atoms with Gasteiger partial charge >= 0.3 is 12.0 Å². The number of hydrogen-bond acceptors (Lipinski definition) is 3. The van der Waals surface area contributed by atoms with Crippen LogP contribution in [0.15, 0.2) is 0 Å². The molecule has 1 saturated heterocycles. The van der Waals surface area contributed by atoms with E-state index in [1.165, 1.54) is 4.90 Å². The van der Waals surface area contributed by atoms with Gasteiger partial charge in [-0.15, -0.1) is 0 Å². The van der Waals surface area contributed by atoms with Crippen LogP contribution >= 0.6 is 0 Å². The van der Waals surface area contributed by atoms with Gasteiger partial charge in [0.25, 0.3) is 0 Å². The van der Waals surface area contributed by atoms with Crippen LogP contribution in [0.5, 0.6) is 0 Å². The Morgan fingerprint density at radius 1 is 1.30 bits per heavy atom. The van der Waals surface area contributed by atoms with Gasteiger partial charge in [-0.25, -0.2) is 9.59 Å². The van der Waals surface area contributed by atoms with Crippen molar-refractivity contribution in [3.63, 3.8) is 0 Å². The molecule has 1 fully saturated rings. The summed E-state index contributed by atoms with van der Waals surface area (Å²) in [6.07, 6.45) is 0. The second kappa shape index (κ2) is 5.68. The zero-order valence-corrected chi connectivity index (χ0v) is 12.6. The normalized spacial score (nSPS) is 20.0. The molecule has 0 spiro atoms. The number of piperazine rings is 1. The Morgan fingerprint density at radius 2 is 1.85 bits per heavy atom. The van der Waals surface area contributed by atoms with Crippen molar-refractivity contribution in [2.24, 2.45) is 5.92 Å². The number of aliphatic carboxylic acids is 1. The minimum Gasteiger partial charge on any atom is -0.480 e. The number of rotatable bonds is 3. The van der Waals surface area contributed by atoms with Crippen LogP contribution in [0.4, 0.5) is 4.79 Å². The lowest BCUT2D eigenvalue weighted by Crippen LogP contribution is -2.66. The van der Waals surface area contributed by atoms with Crippen LogP contribution in [-0.4, -0.2) is 64.5 Å². The molecule has 1 heterocycles. The molecule has 7 heteroatoms. The zero-order chi connectivity index (χ0) is 15.7. The molecule has 0 aliphatic carbocycles. The number of urea groups is 1. The monoisotopic (exact) mass is 285 g/mol. The van der Waals surface area contributed by atoms with Crippen molar-refractivity contribution < 1.29 is 19.5 Å². The Bertz CT molecular complexity index is 420. The van der Waals surface area contributed by atoms with Gasteiger partial charge in [0, 0.05) is 20.1 Å². The van der Waals surface area contributed by atoms with E-state index in [9.17, 15) is 14.4 Å². The highest BCUT2D eigenvalue weighted by Gasteiger charge is 2.43. The second-order valence-electron chi connectivity index (χ2n) is 5.95. The third-order valence-electron chi connectivity index (χ3n) is 3.66. The Labute approximate surface area is 118 Å². The summed E-state index contributed by atoms with van der Waals surface area (Å²) in [6.45, 7) is 7.59. The molecule has 0 aromatic heterocycles. The number of likely N-dealkylation sites (N-methyl/N-ethyl adjacent to an activating group) is 1. The molecule has 0 bridgehead atoms. The topological polar surface area (TPSA) is 90.0 Å². The largest absolute Gasteiger partial charge is 0.480 e. The lowest BCUT2D eigenvalue weighted by molar-refractivity contribution is -0.144. The molecule has 1 aliphatic rings. The molecule has 0 aromatic carbocycles. The van der Waals surface area contributed by atoms with E-state index in [1.54, 1.807) is 39.6 Å². The molecule has 2 N–H and O–H groups in total. The molecule has 1 rings (SSSR count). The van der Waals surface area contributed by atoms with Gasteiger partial charge < -0.3 is 20.2 Å².